The van der Waals surface area contributed by atoms with Gasteiger partial charge in [0.05, 0.1) is 6.20 Å². The van der Waals surface area contributed by atoms with Gasteiger partial charge in [-0.05, 0) is 36.6 Å². The van der Waals surface area contributed by atoms with Crippen molar-refractivity contribution in [3.63, 3.8) is 0 Å². The lowest BCUT2D eigenvalue weighted by Crippen LogP contribution is -2.53. The molecule has 2 aromatic rings. The molecule has 0 spiro atoms. The fourth-order valence-electron chi connectivity index (χ4n) is 3.64. The van der Waals surface area contributed by atoms with Crippen LogP contribution in [-0.2, 0) is 11.2 Å². The number of nitrogens with one attached hydrogen (secondary N) is 1. The second kappa shape index (κ2) is 6.36. The molecule has 1 saturated carbocycles. The molecule has 24 heavy (non-hydrogen) atoms. The maximum Gasteiger partial charge on any atom is 0.247 e. The van der Waals surface area contributed by atoms with Crippen LogP contribution in [0.5, 0.6) is 0 Å². The lowest BCUT2D eigenvalue weighted by molar-refractivity contribution is -0.117. The second-order valence-corrected chi connectivity index (χ2v) is 6.59. The third-order valence-corrected chi connectivity index (χ3v) is 4.91. The van der Waals surface area contributed by atoms with E-state index in [1.165, 1.54) is 12.8 Å². The van der Waals surface area contributed by atoms with Gasteiger partial charge in [-0.2, -0.15) is 4.98 Å². The van der Waals surface area contributed by atoms with Crippen molar-refractivity contribution in [3.05, 3.63) is 41.6 Å². The Morgan fingerprint density at radius 3 is 2.83 bits per heavy atom. The van der Waals surface area contributed by atoms with E-state index in [-0.39, 0.29) is 17.2 Å². The highest BCUT2D eigenvalue weighted by molar-refractivity contribution is 6.28. The van der Waals surface area contributed by atoms with Crippen molar-refractivity contribution in [1.29, 1.82) is 0 Å². The highest BCUT2D eigenvalue weighted by Gasteiger charge is 2.39. The van der Waals surface area contributed by atoms with Gasteiger partial charge in [0.2, 0.25) is 11.2 Å². The Morgan fingerprint density at radius 1 is 1.25 bits per heavy atom. The molecule has 2 aromatic heterocycles. The average molecular weight is 344 g/mol. The molecule has 3 heterocycles. The van der Waals surface area contributed by atoms with Crippen LogP contribution in [0.1, 0.15) is 31.4 Å². The lowest BCUT2D eigenvalue weighted by atomic mass is 10.0. The number of carbonyl (C=O) groups is 1. The summed E-state index contributed by atoms with van der Waals surface area (Å²) in [6, 6.07) is 5.73. The highest BCUT2D eigenvalue weighted by atomic mass is 35.5. The summed E-state index contributed by atoms with van der Waals surface area (Å²) in [7, 11) is 0. The molecule has 1 fully saturated rings. The van der Waals surface area contributed by atoms with Crippen LogP contribution in [-0.4, -0.2) is 32.9 Å². The van der Waals surface area contributed by atoms with Gasteiger partial charge in [-0.15, -0.1) is 0 Å². The summed E-state index contributed by atoms with van der Waals surface area (Å²) >= 11 is 6.02. The van der Waals surface area contributed by atoms with Crippen molar-refractivity contribution in [2.45, 2.75) is 44.2 Å². The van der Waals surface area contributed by atoms with Crippen LogP contribution < -0.4 is 10.2 Å². The maximum absolute atomic E-state index is 12.7. The Hall–Kier alpha value is -2.21. The minimum absolute atomic E-state index is 0.0361. The van der Waals surface area contributed by atoms with Crippen LogP contribution in [0.2, 0.25) is 5.28 Å². The van der Waals surface area contributed by atoms with Crippen LogP contribution in [0.15, 0.2) is 30.6 Å². The van der Waals surface area contributed by atoms with E-state index in [9.17, 15) is 4.79 Å². The quantitative estimate of drug-likeness (QED) is 0.868. The molecular weight excluding hydrogens is 326 g/mol. The molecule has 0 aromatic carbocycles. The third-order valence-electron chi connectivity index (χ3n) is 4.73. The van der Waals surface area contributed by atoms with Gasteiger partial charge < -0.3 is 10.2 Å². The van der Waals surface area contributed by atoms with E-state index in [2.05, 4.69) is 25.2 Å². The number of halogens is 1. The van der Waals surface area contributed by atoms with Gasteiger partial charge >= 0.3 is 0 Å². The first-order chi connectivity index (χ1) is 11.7. The minimum Gasteiger partial charge on any atom is -0.339 e. The Labute approximate surface area is 145 Å². The summed E-state index contributed by atoms with van der Waals surface area (Å²) in [4.78, 5) is 27.7. The Kier molecular flexibility index (Phi) is 4.06. The molecule has 0 bridgehead atoms. The molecule has 0 unspecified atom stereocenters. The van der Waals surface area contributed by atoms with Crippen molar-refractivity contribution in [2.24, 2.45) is 0 Å². The van der Waals surface area contributed by atoms with E-state index < -0.39 is 0 Å². The van der Waals surface area contributed by atoms with Gasteiger partial charge in [0.25, 0.3) is 0 Å². The molecule has 1 N–H and O–H groups in total. The molecule has 6 nitrogen and oxygen atoms in total. The zero-order valence-electron chi connectivity index (χ0n) is 13.2. The zero-order chi connectivity index (χ0) is 16.5. The molecular formula is C17H18ClN5O. The standard InChI is InChI=1S/C17H18ClN5O/c18-17-20-10-13-15(22-17)23(12-6-1-2-7-12)14(16(24)21-13)9-11-5-3-4-8-19-11/h3-5,8,10,12,14H,1-2,6-7,9H2,(H,21,24)/t14-/m1/s1. The molecule has 2 aliphatic rings. The van der Waals surface area contributed by atoms with Crippen molar-refractivity contribution in [2.75, 3.05) is 10.2 Å². The first-order valence-corrected chi connectivity index (χ1v) is 8.62. The van der Waals surface area contributed by atoms with Gasteiger partial charge in [-0.1, -0.05) is 18.9 Å². The van der Waals surface area contributed by atoms with Crippen LogP contribution in [0, 0.1) is 0 Å². The Bertz CT molecular complexity index is 748. The van der Waals surface area contributed by atoms with Gasteiger partial charge in [0.1, 0.15) is 11.7 Å². The molecule has 0 radical (unpaired) electrons. The van der Waals surface area contributed by atoms with E-state index in [0.717, 1.165) is 24.4 Å². The van der Waals surface area contributed by atoms with Crippen molar-refractivity contribution in [3.8, 4) is 0 Å². The summed E-state index contributed by atoms with van der Waals surface area (Å²) in [5, 5.41) is 3.12. The van der Waals surface area contributed by atoms with E-state index in [4.69, 9.17) is 11.6 Å². The average Bonchev–Trinajstić information content (AvgIpc) is 3.11. The molecule has 1 aliphatic carbocycles. The van der Waals surface area contributed by atoms with Gasteiger partial charge in [0.15, 0.2) is 5.82 Å². The zero-order valence-corrected chi connectivity index (χ0v) is 13.9. The first kappa shape index (κ1) is 15.3. The number of rotatable bonds is 3. The largest absolute Gasteiger partial charge is 0.339 e. The van der Waals surface area contributed by atoms with Crippen LogP contribution >= 0.6 is 11.6 Å². The lowest BCUT2D eigenvalue weighted by Gasteiger charge is -2.40. The number of aromatic nitrogens is 3. The number of anilines is 2. The Morgan fingerprint density at radius 2 is 2.08 bits per heavy atom. The first-order valence-electron chi connectivity index (χ1n) is 8.24. The van der Waals surface area contributed by atoms with Crippen molar-refractivity contribution < 1.29 is 4.79 Å². The number of carbonyl (C=O) groups excluding carboxylic acids is 1. The number of hydrogen-bond acceptors (Lipinski definition) is 5. The van der Waals surface area contributed by atoms with Crippen molar-refractivity contribution >= 4 is 29.0 Å². The normalized spacial score (nSPS) is 20.8. The molecule has 124 valence electrons. The number of pyridine rings is 1. The predicted molar refractivity (Wildman–Crippen MR) is 92.1 cm³/mol. The van der Waals surface area contributed by atoms with Gasteiger partial charge in [-0.25, -0.2) is 4.98 Å². The highest BCUT2D eigenvalue weighted by Crippen LogP contribution is 2.37. The summed E-state index contributed by atoms with van der Waals surface area (Å²) in [6.45, 7) is 0. The fraction of sp³-hybridized carbons (Fsp3) is 0.412. The van der Waals surface area contributed by atoms with Crippen LogP contribution in [0.4, 0.5) is 11.5 Å². The van der Waals surface area contributed by atoms with Crippen LogP contribution in [0.25, 0.3) is 0 Å². The summed E-state index contributed by atoms with van der Waals surface area (Å²) < 4.78 is 0. The summed E-state index contributed by atoms with van der Waals surface area (Å²) in [6.07, 6.45) is 8.36. The monoisotopic (exact) mass is 343 g/mol. The van der Waals surface area contributed by atoms with E-state index in [0.29, 0.717) is 18.2 Å². The van der Waals surface area contributed by atoms with Crippen LogP contribution in [0.3, 0.4) is 0 Å². The molecule has 1 aliphatic heterocycles. The summed E-state index contributed by atoms with van der Waals surface area (Å²) in [5.74, 6) is 0.688. The molecule has 1 amide bonds. The SMILES string of the molecule is O=C1Nc2cnc(Cl)nc2N(C2CCCC2)[C@@H]1Cc1ccccn1. The third kappa shape index (κ3) is 2.82. The Balaban J connectivity index is 1.74. The smallest absolute Gasteiger partial charge is 0.247 e. The number of hydrogen-bond donors (Lipinski definition) is 1. The maximum atomic E-state index is 12.7. The minimum atomic E-state index is -0.332. The molecule has 4 rings (SSSR count). The topological polar surface area (TPSA) is 71.0 Å². The molecule has 0 saturated heterocycles. The predicted octanol–water partition coefficient (Wildman–Crippen LogP) is 2.84. The number of nitrogens with zero attached hydrogens (tertiary/aromatic N) is 4. The van der Waals surface area contributed by atoms with E-state index in [1.54, 1.807) is 12.4 Å². The number of amides is 1. The molecule has 7 heteroatoms. The van der Waals surface area contributed by atoms with Gasteiger partial charge in [-0.3, -0.25) is 9.78 Å². The molecule has 1 atom stereocenters. The number of fused-ring (bicyclic) bond motifs is 1. The van der Waals surface area contributed by atoms with Gasteiger partial charge in [0, 0.05) is 24.4 Å². The van der Waals surface area contributed by atoms with Crippen molar-refractivity contribution in [1.82, 2.24) is 15.0 Å². The van der Waals surface area contributed by atoms with E-state index in [1.807, 2.05) is 18.2 Å². The summed E-state index contributed by atoms with van der Waals surface area (Å²) in [5.41, 5.74) is 1.53. The second-order valence-electron chi connectivity index (χ2n) is 6.25. The fourth-order valence-corrected chi connectivity index (χ4v) is 3.77. The van der Waals surface area contributed by atoms with E-state index >= 15 is 0 Å².